The lowest BCUT2D eigenvalue weighted by molar-refractivity contribution is 0.123. The first-order valence-electron chi connectivity index (χ1n) is 6.57. The minimum atomic E-state index is -0.278. The van der Waals surface area contributed by atoms with E-state index in [4.69, 9.17) is 10.5 Å². The minimum absolute atomic E-state index is 0.278. The molecule has 1 aromatic carbocycles. The zero-order valence-corrected chi connectivity index (χ0v) is 11.3. The van der Waals surface area contributed by atoms with Gasteiger partial charge < -0.3 is 15.4 Å². The highest BCUT2D eigenvalue weighted by atomic mass is 19.1. The normalized spacial score (nSPS) is 15.6. The Bertz CT molecular complexity index is 620. The van der Waals surface area contributed by atoms with Crippen LogP contribution in [0.5, 0.6) is 0 Å². The standard InChI is InChI=1S/C14H17FN4O/c1-18-14(16)12(9-17-18)11-8-10(15)2-3-13(11)19-4-6-20-7-5-19/h2-3,8-9H,4-7,16H2,1H3. The molecule has 106 valence electrons. The van der Waals surface area contributed by atoms with Gasteiger partial charge in [0, 0.05) is 37.0 Å². The molecule has 2 heterocycles. The third-order valence-electron chi connectivity index (χ3n) is 3.59. The molecule has 1 saturated heterocycles. The molecule has 6 heteroatoms. The van der Waals surface area contributed by atoms with E-state index in [2.05, 4.69) is 10.00 Å². The Morgan fingerprint density at radius 1 is 1.25 bits per heavy atom. The molecule has 0 aliphatic carbocycles. The number of nitrogen functional groups attached to an aromatic ring is 1. The average Bonchev–Trinajstić information content (AvgIpc) is 2.80. The lowest BCUT2D eigenvalue weighted by atomic mass is 10.0. The fourth-order valence-corrected chi connectivity index (χ4v) is 2.46. The summed E-state index contributed by atoms with van der Waals surface area (Å²) in [7, 11) is 1.77. The molecule has 0 radical (unpaired) electrons. The van der Waals surface area contributed by atoms with Gasteiger partial charge >= 0.3 is 0 Å². The maximum absolute atomic E-state index is 13.6. The Kier molecular flexibility index (Phi) is 3.31. The summed E-state index contributed by atoms with van der Waals surface area (Å²) in [5, 5.41) is 4.13. The molecule has 1 fully saturated rings. The average molecular weight is 276 g/mol. The lowest BCUT2D eigenvalue weighted by Gasteiger charge is -2.30. The van der Waals surface area contributed by atoms with Crippen molar-refractivity contribution in [1.82, 2.24) is 9.78 Å². The van der Waals surface area contributed by atoms with Gasteiger partial charge in [0.2, 0.25) is 0 Å². The number of ether oxygens (including phenoxy) is 1. The van der Waals surface area contributed by atoms with Gasteiger partial charge in [-0.3, -0.25) is 4.68 Å². The van der Waals surface area contributed by atoms with Gasteiger partial charge in [-0.25, -0.2) is 4.39 Å². The molecule has 0 saturated carbocycles. The van der Waals surface area contributed by atoms with Crippen LogP contribution in [0.1, 0.15) is 0 Å². The van der Waals surface area contributed by atoms with E-state index in [0.29, 0.717) is 19.0 Å². The molecule has 0 unspecified atom stereocenters. The molecule has 20 heavy (non-hydrogen) atoms. The third-order valence-corrected chi connectivity index (χ3v) is 3.59. The van der Waals surface area contributed by atoms with Gasteiger partial charge in [-0.1, -0.05) is 0 Å². The lowest BCUT2D eigenvalue weighted by Crippen LogP contribution is -2.36. The minimum Gasteiger partial charge on any atom is -0.383 e. The molecule has 1 aliphatic rings. The van der Waals surface area contributed by atoms with Crippen molar-refractivity contribution in [1.29, 1.82) is 0 Å². The van der Waals surface area contributed by atoms with Gasteiger partial charge in [-0.05, 0) is 18.2 Å². The van der Waals surface area contributed by atoms with Crippen LogP contribution in [0, 0.1) is 5.82 Å². The molecular weight excluding hydrogens is 259 g/mol. The highest BCUT2D eigenvalue weighted by Gasteiger charge is 2.19. The topological polar surface area (TPSA) is 56.3 Å². The van der Waals surface area contributed by atoms with Crippen molar-refractivity contribution in [2.75, 3.05) is 36.9 Å². The van der Waals surface area contributed by atoms with Crippen molar-refractivity contribution in [3.8, 4) is 11.1 Å². The summed E-state index contributed by atoms with van der Waals surface area (Å²) in [6, 6.07) is 4.78. The highest BCUT2D eigenvalue weighted by molar-refractivity contribution is 5.84. The molecular formula is C14H17FN4O. The summed E-state index contributed by atoms with van der Waals surface area (Å²) < 4.78 is 20.6. The first-order valence-corrected chi connectivity index (χ1v) is 6.57. The van der Waals surface area contributed by atoms with E-state index in [9.17, 15) is 4.39 Å². The van der Waals surface area contributed by atoms with Crippen LogP contribution < -0.4 is 10.6 Å². The summed E-state index contributed by atoms with van der Waals surface area (Å²) in [5.74, 6) is 0.255. The summed E-state index contributed by atoms with van der Waals surface area (Å²) >= 11 is 0. The van der Waals surface area contributed by atoms with E-state index in [-0.39, 0.29) is 5.82 Å². The number of hydrogen-bond acceptors (Lipinski definition) is 4. The Balaban J connectivity index is 2.08. The molecule has 1 aliphatic heterocycles. The zero-order chi connectivity index (χ0) is 14.1. The van der Waals surface area contributed by atoms with Gasteiger partial charge in [-0.2, -0.15) is 5.10 Å². The molecule has 5 nitrogen and oxygen atoms in total. The first-order chi connectivity index (χ1) is 9.66. The van der Waals surface area contributed by atoms with Gasteiger partial charge in [0.1, 0.15) is 11.6 Å². The van der Waals surface area contributed by atoms with E-state index < -0.39 is 0 Å². The Morgan fingerprint density at radius 2 is 2.00 bits per heavy atom. The van der Waals surface area contributed by atoms with Gasteiger partial charge in [0.15, 0.2) is 0 Å². The Hall–Kier alpha value is -2.08. The van der Waals surface area contributed by atoms with Crippen molar-refractivity contribution in [3.05, 3.63) is 30.2 Å². The van der Waals surface area contributed by atoms with Crippen LogP contribution in [-0.4, -0.2) is 36.1 Å². The van der Waals surface area contributed by atoms with E-state index in [1.165, 1.54) is 12.1 Å². The summed E-state index contributed by atoms with van der Waals surface area (Å²) in [4.78, 5) is 2.19. The predicted octanol–water partition coefficient (Wildman–Crippen LogP) is 1.64. The van der Waals surface area contributed by atoms with Gasteiger partial charge in [0.25, 0.3) is 0 Å². The van der Waals surface area contributed by atoms with Gasteiger partial charge in [0.05, 0.1) is 19.4 Å². The molecule has 0 amide bonds. The largest absolute Gasteiger partial charge is 0.383 e. The number of aromatic nitrogens is 2. The number of nitrogens with zero attached hydrogens (tertiary/aromatic N) is 3. The second-order valence-electron chi connectivity index (χ2n) is 4.83. The Labute approximate surface area is 116 Å². The predicted molar refractivity (Wildman–Crippen MR) is 76.0 cm³/mol. The molecule has 0 bridgehead atoms. The number of morpholine rings is 1. The maximum Gasteiger partial charge on any atom is 0.129 e. The molecule has 1 aromatic heterocycles. The van der Waals surface area contributed by atoms with Crippen molar-refractivity contribution < 1.29 is 9.13 Å². The van der Waals surface area contributed by atoms with Crippen molar-refractivity contribution in [2.45, 2.75) is 0 Å². The molecule has 0 spiro atoms. The first kappa shape index (κ1) is 12.9. The van der Waals surface area contributed by atoms with Crippen LogP contribution in [0.2, 0.25) is 0 Å². The monoisotopic (exact) mass is 276 g/mol. The van der Waals surface area contributed by atoms with Crippen LogP contribution in [-0.2, 0) is 11.8 Å². The second-order valence-corrected chi connectivity index (χ2v) is 4.83. The van der Waals surface area contributed by atoms with E-state index in [0.717, 1.165) is 29.9 Å². The van der Waals surface area contributed by atoms with E-state index in [1.807, 2.05) is 0 Å². The number of nitrogens with two attached hydrogens (primary N) is 1. The molecule has 2 aromatic rings. The number of benzene rings is 1. The van der Waals surface area contributed by atoms with Gasteiger partial charge in [-0.15, -0.1) is 0 Å². The quantitative estimate of drug-likeness (QED) is 0.906. The van der Waals surface area contributed by atoms with Crippen molar-refractivity contribution in [3.63, 3.8) is 0 Å². The van der Waals surface area contributed by atoms with Crippen LogP contribution in [0.3, 0.4) is 0 Å². The van der Waals surface area contributed by atoms with Crippen LogP contribution >= 0.6 is 0 Å². The Morgan fingerprint density at radius 3 is 2.65 bits per heavy atom. The van der Waals surface area contributed by atoms with Crippen LogP contribution in [0.4, 0.5) is 15.9 Å². The molecule has 3 rings (SSSR count). The summed E-state index contributed by atoms with van der Waals surface area (Å²) in [6.45, 7) is 2.94. The van der Waals surface area contributed by atoms with Crippen LogP contribution in [0.15, 0.2) is 24.4 Å². The maximum atomic E-state index is 13.6. The highest BCUT2D eigenvalue weighted by Crippen LogP contribution is 2.35. The number of hydrogen-bond donors (Lipinski definition) is 1. The van der Waals surface area contributed by atoms with Crippen LogP contribution in [0.25, 0.3) is 11.1 Å². The molecule has 2 N–H and O–H groups in total. The third kappa shape index (κ3) is 2.22. The summed E-state index contributed by atoms with van der Waals surface area (Å²) in [6.07, 6.45) is 1.67. The second kappa shape index (κ2) is 5.13. The van der Waals surface area contributed by atoms with Crippen molar-refractivity contribution >= 4 is 11.5 Å². The smallest absolute Gasteiger partial charge is 0.129 e. The van der Waals surface area contributed by atoms with Crippen molar-refractivity contribution in [2.24, 2.45) is 7.05 Å². The number of halogens is 1. The fraction of sp³-hybridized carbons (Fsp3) is 0.357. The number of aryl methyl sites for hydroxylation is 1. The number of anilines is 2. The zero-order valence-electron chi connectivity index (χ0n) is 11.3. The fourth-order valence-electron chi connectivity index (χ4n) is 2.46. The molecule has 0 atom stereocenters. The summed E-state index contributed by atoms with van der Waals surface area (Å²) in [5.41, 5.74) is 8.52. The van der Waals surface area contributed by atoms with E-state index in [1.54, 1.807) is 24.0 Å². The SMILES string of the molecule is Cn1ncc(-c2cc(F)ccc2N2CCOCC2)c1N. The number of rotatable bonds is 2. The van der Waals surface area contributed by atoms with E-state index >= 15 is 0 Å².